The highest BCUT2D eigenvalue weighted by Crippen LogP contribution is 2.22. The lowest BCUT2D eigenvalue weighted by molar-refractivity contribution is -0.123. The molecule has 1 saturated carbocycles. The highest BCUT2D eigenvalue weighted by atomic mass is 16.5. The Morgan fingerprint density at radius 2 is 1.97 bits per heavy atom. The number of hydrogen-bond acceptors (Lipinski definition) is 5. The van der Waals surface area contributed by atoms with Crippen LogP contribution in [-0.4, -0.2) is 34.9 Å². The van der Waals surface area contributed by atoms with Gasteiger partial charge in [-0.15, -0.1) is 10.2 Å². The highest BCUT2D eigenvalue weighted by Gasteiger charge is 2.27. The number of carbonyl (C=O) groups is 1. The first-order valence-corrected chi connectivity index (χ1v) is 10.8. The molecule has 1 aliphatic carbocycles. The molecule has 1 heterocycles. The lowest BCUT2D eigenvalue weighted by Crippen LogP contribution is -2.46. The van der Waals surface area contributed by atoms with E-state index in [1.54, 1.807) is 0 Å². The maximum absolute atomic E-state index is 12.5. The van der Waals surface area contributed by atoms with Crippen molar-refractivity contribution < 1.29 is 13.9 Å². The second-order valence-electron chi connectivity index (χ2n) is 8.42. The predicted molar refractivity (Wildman–Crippen MR) is 112 cm³/mol. The van der Waals surface area contributed by atoms with Gasteiger partial charge in [-0.2, -0.15) is 0 Å². The number of amides is 1. The molecule has 2 unspecified atom stereocenters. The van der Waals surface area contributed by atoms with Crippen LogP contribution in [0.3, 0.4) is 0 Å². The fourth-order valence-corrected chi connectivity index (χ4v) is 3.58. The summed E-state index contributed by atoms with van der Waals surface area (Å²) in [5, 5.41) is 11.4. The van der Waals surface area contributed by atoms with E-state index < -0.39 is 0 Å². The Labute approximate surface area is 173 Å². The van der Waals surface area contributed by atoms with E-state index in [2.05, 4.69) is 29.4 Å². The van der Waals surface area contributed by atoms with Crippen molar-refractivity contribution in [3.05, 3.63) is 35.7 Å². The molecule has 29 heavy (non-hydrogen) atoms. The molecule has 0 saturated heterocycles. The molecular formula is C23H33N3O3. The van der Waals surface area contributed by atoms with Crippen LogP contribution < -0.4 is 5.32 Å². The molecule has 2 atom stereocenters. The molecule has 0 bridgehead atoms. The first-order chi connectivity index (χ1) is 14.0. The van der Waals surface area contributed by atoms with Crippen molar-refractivity contribution in [1.29, 1.82) is 0 Å². The van der Waals surface area contributed by atoms with Crippen LogP contribution >= 0.6 is 0 Å². The van der Waals surface area contributed by atoms with Gasteiger partial charge in [-0.25, -0.2) is 0 Å². The Kier molecular flexibility index (Phi) is 7.81. The monoisotopic (exact) mass is 399 g/mol. The summed E-state index contributed by atoms with van der Waals surface area (Å²) in [5.41, 5.74) is 2.07. The molecule has 6 heteroatoms. The molecule has 1 aliphatic rings. The molecule has 1 aromatic heterocycles. The van der Waals surface area contributed by atoms with Crippen molar-refractivity contribution in [1.82, 2.24) is 15.5 Å². The van der Waals surface area contributed by atoms with Gasteiger partial charge in [-0.1, -0.05) is 44.4 Å². The maximum Gasteiger partial charge on any atom is 0.247 e. The summed E-state index contributed by atoms with van der Waals surface area (Å²) in [6.45, 7) is 7.20. The average molecular weight is 400 g/mol. The first kappa shape index (κ1) is 21.5. The van der Waals surface area contributed by atoms with Crippen molar-refractivity contribution in [2.75, 3.05) is 6.61 Å². The first-order valence-electron chi connectivity index (χ1n) is 10.8. The second kappa shape index (κ2) is 10.5. The molecule has 6 nitrogen and oxygen atoms in total. The molecule has 3 rings (SSSR count). The lowest BCUT2D eigenvalue weighted by atomic mass is 9.92. The zero-order valence-corrected chi connectivity index (χ0v) is 17.8. The van der Waals surface area contributed by atoms with Crippen LogP contribution in [-0.2, 0) is 16.0 Å². The van der Waals surface area contributed by atoms with Gasteiger partial charge in [-0.05, 0) is 44.2 Å². The summed E-state index contributed by atoms with van der Waals surface area (Å²) in [6, 6.07) is 8.05. The molecule has 0 radical (unpaired) electrons. The van der Waals surface area contributed by atoms with Crippen LogP contribution in [0.25, 0.3) is 11.5 Å². The van der Waals surface area contributed by atoms with Gasteiger partial charge < -0.3 is 14.5 Å². The van der Waals surface area contributed by atoms with Gasteiger partial charge in [0.05, 0.1) is 12.1 Å². The van der Waals surface area contributed by atoms with Gasteiger partial charge >= 0.3 is 0 Å². The maximum atomic E-state index is 12.5. The van der Waals surface area contributed by atoms with E-state index in [-0.39, 0.29) is 18.1 Å². The Morgan fingerprint density at radius 1 is 1.21 bits per heavy atom. The molecule has 0 aliphatic heterocycles. The Bertz CT molecular complexity index is 770. The van der Waals surface area contributed by atoms with E-state index in [0.717, 1.165) is 37.9 Å². The van der Waals surface area contributed by atoms with E-state index in [0.29, 0.717) is 30.5 Å². The van der Waals surface area contributed by atoms with Gasteiger partial charge in [0, 0.05) is 25.0 Å². The van der Waals surface area contributed by atoms with Crippen LogP contribution in [0, 0.1) is 12.8 Å². The molecule has 158 valence electrons. The van der Waals surface area contributed by atoms with Crippen LogP contribution in [0.1, 0.15) is 63.8 Å². The molecule has 1 fully saturated rings. The van der Waals surface area contributed by atoms with Gasteiger partial charge in [0.1, 0.15) is 0 Å². The normalized spacial score (nSPS) is 19.4. The zero-order valence-electron chi connectivity index (χ0n) is 17.8. The van der Waals surface area contributed by atoms with Crippen molar-refractivity contribution >= 4 is 5.91 Å². The van der Waals surface area contributed by atoms with Crippen molar-refractivity contribution in [2.24, 2.45) is 5.92 Å². The van der Waals surface area contributed by atoms with Crippen LogP contribution in [0.2, 0.25) is 0 Å². The van der Waals surface area contributed by atoms with Gasteiger partial charge in [-0.3, -0.25) is 4.79 Å². The van der Waals surface area contributed by atoms with E-state index in [9.17, 15) is 4.79 Å². The Balaban J connectivity index is 1.47. The number of aromatic nitrogens is 2. The number of benzene rings is 1. The SMILES string of the molecule is Cc1ccc(-c2nnc(CCC(=O)NC3CCCCC3OCCC(C)C)o2)cc1. The molecule has 2 aromatic rings. The van der Waals surface area contributed by atoms with Crippen molar-refractivity contribution in [3.8, 4) is 11.5 Å². The molecule has 0 spiro atoms. The Morgan fingerprint density at radius 3 is 2.72 bits per heavy atom. The number of hydrogen-bond donors (Lipinski definition) is 1. The summed E-state index contributed by atoms with van der Waals surface area (Å²) >= 11 is 0. The number of ether oxygens (including phenoxy) is 1. The van der Waals surface area contributed by atoms with E-state index in [1.807, 2.05) is 31.2 Å². The third-order valence-corrected chi connectivity index (χ3v) is 5.41. The number of nitrogens with one attached hydrogen (secondary N) is 1. The largest absolute Gasteiger partial charge is 0.421 e. The van der Waals surface area contributed by atoms with Gasteiger partial charge in [0.2, 0.25) is 17.7 Å². The fourth-order valence-electron chi connectivity index (χ4n) is 3.58. The van der Waals surface area contributed by atoms with Gasteiger partial charge in [0.25, 0.3) is 0 Å². The van der Waals surface area contributed by atoms with Crippen LogP contribution in [0.5, 0.6) is 0 Å². The summed E-state index contributed by atoms with van der Waals surface area (Å²) in [5.74, 6) is 1.63. The van der Waals surface area contributed by atoms with Gasteiger partial charge in [0.15, 0.2) is 0 Å². The number of nitrogens with zero attached hydrogens (tertiary/aromatic N) is 2. The highest BCUT2D eigenvalue weighted by molar-refractivity contribution is 5.76. The van der Waals surface area contributed by atoms with Crippen molar-refractivity contribution in [2.45, 2.75) is 77.9 Å². The Hall–Kier alpha value is -2.21. The summed E-state index contributed by atoms with van der Waals surface area (Å²) in [7, 11) is 0. The summed E-state index contributed by atoms with van der Waals surface area (Å²) in [6.07, 6.45) is 6.27. The smallest absolute Gasteiger partial charge is 0.247 e. The summed E-state index contributed by atoms with van der Waals surface area (Å²) < 4.78 is 11.8. The van der Waals surface area contributed by atoms with E-state index in [1.165, 1.54) is 12.0 Å². The fraction of sp³-hybridized carbons (Fsp3) is 0.609. The molecular weight excluding hydrogens is 366 g/mol. The van der Waals surface area contributed by atoms with Crippen molar-refractivity contribution in [3.63, 3.8) is 0 Å². The summed E-state index contributed by atoms with van der Waals surface area (Å²) in [4.78, 5) is 12.5. The zero-order chi connectivity index (χ0) is 20.6. The lowest BCUT2D eigenvalue weighted by Gasteiger charge is -2.32. The average Bonchev–Trinajstić information content (AvgIpc) is 3.17. The van der Waals surface area contributed by atoms with Crippen LogP contribution in [0.4, 0.5) is 0 Å². The van der Waals surface area contributed by atoms with E-state index >= 15 is 0 Å². The number of aryl methyl sites for hydroxylation is 2. The number of rotatable bonds is 9. The molecule has 1 amide bonds. The minimum absolute atomic E-state index is 0.0180. The predicted octanol–water partition coefficient (Wildman–Crippen LogP) is 4.47. The second-order valence-corrected chi connectivity index (χ2v) is 8.42. The third kappa shape index (κ3) is 6.67. The van der Waals surface area contributed by atoms with E-state index in [4.69, 9.17) is 9.15 Å². The minimum atomic E-state index is 0.0180. The van der Waals surface area contributed by atoms with Crippen LogP contribution in [0.15, 0.2) is 28.7 Å². The third-order valence-electron chi connectivity index (χ3n) is 5.41. The number of carbonyl (C=O) groups excluding carboxylic acids is 1. The minimum Gasteiger partial charge on any atom is -0.421 e. The standard InChI is InChI=1S/C23H33N3O3/c1-16(2)14-15-28-20-7-5-4-6-19(20)24-21(27)12-13-22-25-26-23(29-22)18-10-8-17(3)9-11-18/h8-11,16,19-20H,4-7,12-15H2,1-3H3,(H,24,27). The molecule has 1 N–H and O–H groups in total. The quantitative estimate of drug-likeness (QED) is 0.673. The topological polar surface area (TPSA) is 77.2 Å². The molecule has 1 aromatic carbocycles.